The Balaban J connectivity index is 1.24. The minimum Gasteiger partial charge on any atom is -0.455 e. The Kier molecular flexibility index (Phi) is 15.8. The first-order valence-electron chi connectivity index (χ1n) is 21.4. The zero-order valence-electron chi connectivity index (χ0n) is 35.7. The molecule has 0 bridgehead atoms. The molecule has 312 valence electrons. The van der Waals surface area contributed by atoms with Crippen LogP contribution in [-0.2, 0) is 23.9 Å². The van der Waals surface area contributed by atoms with Crippen LogP contribution in [0.1, 0.15) is 92.2 Å². The number of anilines is 1. The fourth-order valence-electron chi connectivity index (χ4n) is 8.70. The van der Waals surface area contributed by atoms with Gasteiger partial charge in [0.05, 0.1) is 12.1 Å². The number of carbonyl (C=O) groups excluding carboxylic acids is 4. The molecule has 5 atom stereocenters. The number of rotatable bonds is 15. The second-order valence-corrected chi connectivity index (χ2v) is 17.2. The lowest BCUT2D eigenvalue weighted by Gasteiger charge is -2.39. The maximum Gasteiger partial charge on any atom is 0.329 e. The monoisotopic (exact) mass is 785 g/mol. The molecule has 0 aromatic heterocycles. The summed E-state index contributed by atoms with van der Waals surface area (Å²) in [7, 11) is 1.76. The summed E-state index contributed by atoms with van der Waals surface area (Å²) in [5.41, 5.74) is 2.62. The molecule has 3 amide bonds. The largest absolute Gasteiger partial charge is 0.455 e. The number of piperidine rings is 1. The smallest absolute Gasteiger partial charge is 0.329 e. The summed E-state index contributed by atoms with van der Waals surface area (Å²) >= 11 is 0. The van der Waals surface area contributed by atoms with Crippen LogP contribution in [0.2, 0.25) is 0 Å². The molecule has 11 heteroatoms. The Morgan fingerprint density at radius 3 is 2.04 bits per heavy atom. The highest BCUT2D eigenvalue weighted by Crippen LogP contribution is 2.28. The third-order valence-corrected chi connectivity index (χ3v) is 12.1. The third kappa shape index (κ3) is 11.3. The number of likely N-dealkylation sites (N-methyl/N-ethyl adjacent to an activating group) is 1. The molecule has 2 aromatic carbocycles. The number of nitrogens with one attached hydrogen (secondary N) is 1. The number of likely N-dealkylation sites (tertiary alicyclic amines) is 2. The van der Waals surface area contributed by atoms with Gasteiger partial charge in [-0.25, -0.2) is 4.79 Å². The summed E-state index contributed by atoms with van der Waals surface area (Å²) in [4.78, 5) is 66.3. The van der Waals surface area contributed by atoms with Crippen LogP contribution in [0, 0.1) is 11.8 Å². The zero-order valence-corrected chi connectivity index (χ0v) is 35.7. The zero-order chi connectivity index (χ0) is 41.2. The molecular formula is C46H68N6O5. The van der Waals surface area contributed by atoms with Crippen LogP contribution >= 0.6 is 0 Å². The lowest BCUT2D eigenvalue weighted by molar-refractivity contribution is -0.158. The second-order valence-electron chi connectivity index (χ2n) is 17.2. The van der Waals surface area contributed by atoms with E-state index >= 15 is 0 Å². The molecular weight excluding hydrogens is 717 g/mol. The van der Waals surface area contributed by atoms with E-state index in [2.05, 4.69) is 58.1 Å². The van der Waals surface area contributed by atoms with E-state index in [-0.39, 0.29) is 47.6 Å². The quantitative estimate of drug-likeness (QED) is 0.176. The average Bonchev–Trinajstić information content (AvgIpc) is 3.72. The Labute approximate surface area is 341 Å². The minimum absolute atomic E-state index is 0.0134. The molecule has 3 aliphatic heterocycles. The standard InChI is InChI=1S/C46H68N6O5/c1-32(2)40(48(8)45(55)42(33(3)4)47-43(53)38-22-15-16-24-51(38)34(5)6)30-35(7)44(54)52-25-17-23-39(52)46(56)57-41(36-18-11-9-12-19-36)31-49-26-28-50(29-27-49)37-20-13-10-14-21-37/h9-14,18-21,30,32-34,38-42H,15-17,22-29,31H2,1-8H3,(H,47,53)/b35-30+/t38-,39+,40-,41?,42+/m1/s1. The molecule has 3 fully saturated rings. The first kappa shape index (κ1) is 43.9. The van der Waals surface area contributed by atoms with Crippen LogP contribution < -0.4 is 10.2 Å². The van der Waals surface area contributed by atoms with Gasteiger partial charge in [-0.05, 0) is 82.5 Å². The predicted octanol–water partition coefficient (Wildman–Crippen LogP) is 5.92. The van der Waals surface area contributed by atoms with Gasteiger partial charge in [0, 0.05) is 63.6 Å². The molecule has 3 heterocycles. The summed E-state index contributed by atoms with van der Waals surface area (Å²) in [6.45, 7) is 19.3. The maximum absolute atomic E-state index is 14.2. The Morgan fingerprint density at radius 1 is 0.789 bits per heavy atom. The highest BCUT2D eigenvalue weighted by molar-refractivity contribution is 5.96. The summed E-state index contributed by atoms with van der Waals surface area (Å²) in [5.74, 6) is -1.04. The third-order valence-electron chi connectivity index (χ3n) is 12.1. The number of nitrogens with zero attached hydrogens (tertiary/aromatic N) is 5. The van der Waals surface area contributed by atoms with E-state index in [1.165, 1.54) is 5.69 Å². The van der Waals surface area contributed by atoms with Crippen LogP contribution in [0.5, 0.6) is 0 Å². The van der Waals surface area contributed by atoms with Gasteiger partial charge in [0.1, 0.15) is 18.2 Å². The van der Waals surface area contributed by atoms with Crippen molar-refractivity contribution in [1.82, 2.24) is 24.9 Å². The van der Waals surface area contributed by atoms with Crippen molar-refractivity contribution < 1.29 is 23.9 Å². The van der Waals surface area contributed by atoms with E-state index in [9.17, 15) is 19.2 Å². The SMILES string of the molecule is C/C(=C\[C@H](C(C)C)N(C)C(=O)[C@@H](NC(=O)[C@H]1CCCCN1C(C)C)C(C)C)C(=O)N1CCC[C@H]1C(=O)OC(CN1CCN(c2ccccc2)CC1)c1ccccc1. The van der Waals surface area contributed by atoms with Crippen LogP contribution in [0.4, 0.5) is 5.69 Å². The number of ether oxygens (including phenoxy) is 1. The first-order valence-corrected chi connectivity index (χ1v) is 21.4. The number of hydrogen-bond acceptors (Lipinski definition) is 8. The topological polar surface area (TPSA) is 106 Å². The predicted molar refractivity (Wildman–Crippen MR) is 227 cm³/mol. The van der Waals surface area contributed by atoms with Crippen LogP contribution in [0.3, 0.4) is 0 Å². The summed E-state index contributed by atoms with van der Waals surface area (Å²) in [6, 6.07) is 18.5. The molecule has 3 aliphatic rings. The molecule has 11 nitrogen and oxygen atoms in total. The first-order chi connectivity index (χ1) is 27.3. The Bertz CT molecular complexity index is 1660. The maximum atomic E-state index is 14.2. The van der Waals surface area contributed by atoms with Crippen molar-refractivity contribution in [2.24, 2.45) is 11.8 Å². The number of carbonyl (C=O) groups is 4. The van der Waals surface area contributed by atoms with Crippen molar-refractivity contribution in [2.75, 3.05) is 57.8 Å². The van der Waals surface area contributed by atoms with Crippen molar-refractivity contribution in [1.29, 1.82) is 0 Å². The molecule has 0 aliphatic carbocycles. The van der Waals surface area contributed by atoms with Gasteiger partial charge in [-0.3, -0.25) is 24.2 Å². The van der Waals surface area contributed by atoms with E-state index < -0.39 is 24.2 Å². The molecule has 1 N–H and O–H groups in total. The molecule has 0 spiro atoms. The number of benzene rings is 2. The van der Waals surface area contributed by atoms with E-state index in [4.69, 9.17) is 4.74 Å². The molecule has 1 unspecified atom stereocenters. The van der Waals surface area contributed by atoms with E-state index in [1.807, 2.05) is 70.2 Å². The number of para-hydroxylation sites is 1. The number of amides is 3. The van der Waals surface area contributed by atoms with E-state index in [0.29, 0.717) is 31.5 Å². The fraction of sp³-hybridized carbons (Fsp3) is 0.609. The van der Waals surface area contributed by atoms with Crippen molar-refractivity contribution >= 4 is 29.4 Å². The average molecular weight is 785 g/mol. The van der Waals surface area contributed by atoms with Crippen molar-refractivity contribution in [2.45, 2.75) is 117 Å². The van der Waals surface area contributed by atoms with Crippen molar-refractivity contribution in [3.05, 3.63) is 77.9 Å². The fourth-order valence-corrected chi connectivity index (χ4v) is 8.70. The van der Waals surface area contributed by atoms with Gasteiger partial charge in [0.15, 0.2) is 0 Å². The van der Waals surface area contributed by atoms with Crippen LogP contribution in [0.25, 0.3) is 0 Å². The summed E-state index contributed by atoms with van der Waals surface area (Å²) in [6.07, 6.45) is 5.46. The van der Waals surface area contributed by atoms with Gasteiger partial charge >= 0.3 is 5.97 Å². The summed E-state index contributed by atoms with van der Waals surface area (Å²) in [5, 5.41) is 3.12. The van der Waals surface area contributed by atoms with Crippen LogP contribution in [-0.4, -0.2) is 126 Å². The number of hydrogen-bond donors (Lipinski definition) is 1. The van der Waals surface area contributed by atoms with Gasteiger partial charge in [0.2, 0.25) is 17.7 Å². The minimum atomic E-state index is -0.702. The van der Waals surface area contributed by atoms with E-state index in [0.717, 1.165) is 57.5 Å². The van der Waals surface area contributed by atoms with Gasteiger partial charge in [-0.1, -0.05) is 88.7 Å². The van der Waals surface area contributed by atoms with Gasteiger partial charge in [-0.15, -0.1) is 0 Å². The van der Waals surface area contributed by atoms with Crippen molar-refractivity contribution in [3.8, 4) is 0 Å². The lowest BCUT2D eigenvalue weighted by atomic mass is 9.95. The van der Waals surface area contributed by atoms with E-state index in [1.54, 1.807) is 23.8 Å². The molecule has 5 rings (SSSR count). The van der Waals surface area contributed by atoms with Crippen LogP contribution in [0.15, 0.2) is 72.3 Å². The molecule has 57 heavy (non-hydrogen) atoms. The Morgan fingerprint density at radius 2 is 1.42 bits per heavy atom. The molecule has 0 radical (unpaired) electrons. The van der Waals surface area contributed by atoms with Gasteiger partial charge in [-0.2, -0.15) is 0 Å². The molecule has 2 aromatic rings. The Hall–Kier alpha value is -4.22. The highest BCUT2D eigenvalue weighted by atomic mass is 16.5. The normalized spacial score (nSPS) is 21.4. The second kappa shape index (κ2) is 20.5. The molecule has 0 saturated carbocycles. The summed E-state index contributed by atoms with van der Waals surface area (Å²) < 4.78 is 6.33. The molecule has 3 saturated heterocycles. The highest BCUT2D eigenvalue weighted by Gasteiger charge is 2.39. The lowest BCUT2D eigenvalue weighted by Crippen LogP contribution is -2.58. The van der Waals surface area contributed by atoms with Crippen molar-refractivity contribution in [3.63, 3.8) is 0 Å². The van der Waals surface area contributed by atoms with Gasteiger partial charge in [0.25, 0.3) is 0 Å². The number of piperazine rings is 1. The van der Waals surface area contributed by atoms with Gasteiger partial charge < -0.3 is 24.8 Å². The number of esters is 1.